The van der Waals surface area contributed by atoms with Crippen molar-refractivity contribution in [3.05, 3.63) is 72.6 Å². The highest BCUT2D eigenvalue weighted by Gasteiger charge is 2.33. The maximum atomic E-state index is 12.5. The lowest BCUT2D eigenvalue weighted by Gasteiger charge is -2.17. The summed E-state index contributed by atoms with van der Waals surface area (Å²) in [5.74, 6) is 2.27. The summed E-state index contributed by atoms with van der Waals surface area (Å²) in [5, 5.41) is 0. The lowest BCUT2D eigenvalue weighted by atomic mass is 10.1. The summed E-state index contributed by atoms with van der Waals surface area (Å²) in [4.78, 5) is 19.5. The molecule has 1 fully saturated rings. The fourth-order valence-electron chi connectivity index (χ4n) is 4.37. The second-order valence-corrected chi connectivity index (χ2v) is 8.15. The van der Waals surface area contributed by atoms with E-state index in [2.05, 4.69) is 30.2 Å². The Hall–Kier alpha value is -3.08. The molecule has 5 heteroatoms. The molecule has 0 aliphatic carbocycles. The van der Waals surface area contributed by atoms with Crippen LogP contribution in [0, 0.1) is 0 Å². The molecule has 2 aromatic carbocycles. The summed E-state index contributed by atoms with van der Waals surface area (Å²) in [7, 11) is 0. The highest BCUT2D eigenvalue weighted by molar-refractivity contribution is 5.80. The molecular weight excluding hydrogens is 386 g/mol. The lowest BCUT2D eigenvalue weighted by Crippen LogP contribution is -2.26. The van der Waals surface area contributed by atoms with Crippen molar-refractivity contribution in [2.75, 3.05) is 19.7 Å². The van der Waals surface area contributed by atoms with Gasteiger partial charge in [0.2, 0.25) is 5.91 Å². The number of fused-ring (bicyclic) bond motifs is 1. The Balaban J connectivity index is 1.54. The molecule has 1 aliphatic heterocycles. The van der Waals surface area contributed by atoms with Crippen molar-refractivity contribution in [3.63, 3.8) is 0 Å². The number of amides is 1. The van der Waals surface area contributed by atoms with Gasteiger partial charge in [-0.3, -0.25) is 4.79 Å². The number of likely N-dealkylation sites (tertiary alicyclic amines) is 1. The number of rotatable bonds is 10. The first-order valence-corrected chi connectivity index (χ1v) is 11.3. The third-order valence-electron chi connectivity index (χ3n) is 5.95. The van der Waals surface area contributed by atoms with E-state index in [0.717, 1.165) is 60.5 Å². The van der Waals surface area contributed by atoms with Gasteiger partial charge in [0, 0.05) is 25.4 Å². The van der Waals surface area contributed by atoms with Crippen molar-refractivity contribution in [3.8, 4) is 5.75 Å². The molecule has 1 atom stereocenters. The number of unbranched alkanes of at least 4 members (excludes halogenated alkanes) is 1. The van der Waals surface area contributed by atoms with Gasteiger partial charge < -0.3 is 14.2 Å². The van der Waals surface area contributed by atoms with Gasteiger partial charge in [-0.2, -0.15) is 0 Å². The number of imidazole rings is 1. The van der Waals surface area contributed by atoms with E-state index in [1.165, 1.54) is 0 Å². The number of hydrogen-bond donors (Lipinski definition) is 0. The molecule has 0 unspecified atom stereocenters. The minimum absolute atomic E-state index is 0.129. The van der Waals surface area contributed by atoms with Gasteiger partial charge in [0.25, 0.3) is 0 Å². The number of ether oxygens (including phenoxy) is 1. The van der Waals surface area contributed by atoms with Crippen LogP contribution in [0.4, 0.5) is 0 Å². The molecule has 0 bridgehead atoms. The van der Waals surface area contributed by atoms with Crippen molar-refractivity contribution in [2.45, 2.75) is 45.1 Å². The van der Waals surface area contributed by atoms with Crippen molar-refractivity contribution < 1.29 is 9.53 Å². The summed E-state index contributed by atoms with van der Waals surface area (Å²) in [6.45, 7) is 8.83. The second kappa shape index (κ2) is 9.82. The van der Waals surface area contributed by atoms with E-state index >= 15 is 0 Å². The zero-order chi connectivity index (χ0) is 21.6. The van der Waals surface area contributed by atoms with Crippen LogP contribution in [0.1, 0.15) is 43.5 Å². The van der Waals surface area contributed by atoms with Gasteiger partial charge in [-0.25, -0.2) is 4.98 Å². The number of carbonyl (C=O) groups is 1. The summed E-state index contributed by atoms with van der Waals surface area (Å²) in [6.07, 6.45) is 5.36. The van der Waals surface area contributed by atoms with Gasteiger partial charge in [0.1, 0.15) is 18.2 Å². The van der Waals surface area contributed by atoms with Crippen LogP contribution in [-0.2, 0) is 17.8 Å². The number of para-hydroxylation sites is 3. The van der Waals surface area contributed by atoms with Gasteiger partial charge in [-0.05, 0) is 36.6 Å². The predicted octanol–water partition coefficient (Wildman–Crippen LogP) is 4.96. The maximum Gasteiger partial charge on any atom is 0.223 e. The van der Waals surface area contributed by atoms with Crippen LogP contribution in [-0.4, -0.2) is 40.1 Å². The summed E-state index contributed by atoms with van der Waals surface area (Å²) in [6, 6.07) is 16.3. The molecule has 1 saturated heterocycles. The molecule has 4 rings (SSSR count). The van der Waals surface area contributed by atoms with Gasteiger partial charge in [0.15, 0.2) is 0 Å². The van der Waals surface area contributed by atoms with Crippen LogP contribution in [0.3, 0.4) is 0 Å². The van der Waals surface area contributed by atoms with Crippen LogP contribution in [0.5, 0.6) is 5.75 Å². The average molecular weight is 418 g/mol. The predicted molar refractivity (Wildman–Crippen MR) is 124 cm³/mol. The van der Waals surface area contributed by atoms with Gasteiger partial charge >= 0.3 is 0 Å². The topological polar surface area (TPSA) is 47.4 Å². The first kappa shape index (κ1) is 21.2. The standard InChI is InChI=1S/C26H31N3O2/c1-3-5-15-28-19-21(18-25(28)30)26-27-22-12-7-8-13-23(22)29(26)16-17-31-24-14-9-6-11-20(24)10-4-2/h4,6-9,11-14,21H,2-3,5,10,15-19H2,1H3/t21-/m0/s1. The molecule has 2 heterocycles. The van der Waals surface area contributed by atoms with Crippen molar-refractivity contribution >= 4 is 16.9 Å². The highest BCUT2D eigenvalue weighted by atomic mass is 16.5. The van der Waals surface area contributed by atoms with E-state index in [0.29, 0.717) is 19.6 Å². The molecule has 0 radical (unpaired) electrons. The van der Waals surface area contributed by atoms with Gasteiger partial charge in [-0.15, -0.1) is 6.58 Å². The van der Waals surface area contributed by atoms with E-state index in [9.17, 15) is 4.79 Å². The van der Waals surface area contributed by atoms with E-state index in [4.69, 9.17) is 9.72 Å². The fraction of sp³-hybridized carbons (Fsp3) is 0.385. The molecule has 1 aliphatic rings. The molecule has 0 N–H and O–H groups in total. The number of nitrogens with zero attached hydrogens (tertiary/aromatic N) is 3. The van der Waals surface area contributed by atoms with E-state index < -0.39 is 0 Å². The number of benzene rings is 2. The minimum atomic E-state index is 0.129. The van der Waals surface area contributed by atoms with E-state index in [1.54, 1.807) is 0 Å². The molecule has 5 nitrogen and oxygen atoms in total. The Morgan fingerprint density at radius 1 is 1.16 bits per heavy atom. The Labute approximate surface area is 184 Å². The third kappa shape index (κ3) is 4.66. The van der Waals surface area contributed by atoms with Crippen molar-refractivity contribution in [1.29, 1.82) is 0 Å². The van der Waals surface area contributed by atoms with Crippen LogP contribution in [0.2, 0.25) is 0 Å². The molecular formula is C26H31N3O2. The zero-order valence-corrected chi connectivity index (χ0v) is 18.3. The Morgan fingerprint density at radius 3 is 2.81 bits per heavy atom. The van der Waals surface area contributed by atoms with Crippen molar-refractivity contribution in [2.24, 2.45) is 0 Å². The van der Waals surface area contributed by atoms with Crippen molar-refractivity contribution in [1.82, 2.24) is 14.5 Å². The van der Waals surface area contributed by atoms with Gasteiger partial charge in [-0.1, -0.05) is 49.8 Å². The summed E-state index contributed by atoms with van der Waals surface area (Å²) in [5.41, 5.74) is 3.21. The summed E-state index contributed by atoms with van der Waals surface area (Å²) >= 11 is 0. The lowest BCUT2D eigenvalue weighted by molar-refractivity contribution is -0.127. The average Bonchev–Trinajstić information content (AvgIpc) is 3.34. The Kier molecular flexibility index (Phi) is 6.70. The Morgan fingerprint density at radius 2 is 1.97 bits per heavy atom. The normalized spacial score (nSPS) is 16.2. The number of carbonyl (C=O) groups excluding carboxylic acids is 1. The quantitative estimate of drug-likeness (QED) is 0.438. The van der Waals surface area contributed by atoms with Crippen LogP contribution in [0.25, 0.3) is 11.0 Å². The monoisotopic (exact) mass is 417 g/mol. The largest absolute Gasteiger partial charge is 0.491 e. The Bertz CT molecular complexity index is 1060. The first-order chi connectivity index (χ1) is 15.2. The first-order valence-electron chi connectivity index (χ1n) is 11.3. The molecule has 31 heavy (non-hydrogen) atoms. The second-order valence-electron chi connectivity index (χ2n) is 8.15. The number of allylic oxidation sites excluding steroid dienone is 1. The molecule has 1 aromatic heterocycles. The van der Waals surface area contributed by atoms with Crippen LogP contribution < -0.4 is 4.74 Å². The molecule has 1 amide bonds. The zero-order valence-electron chi connectivity index (χ0n) is 18.3. The van der Waals surface area contributed by atoms with E-state index in [-0.39, 0.29) is 11.8 Å². The number of aromatic nitrogens is 2. The highest BCUT2D eigenvalue weighted by Crippen LogP contribution is 2.30. The molecule has 0 spiro atoms. The molecule has 162 valence electrons. The minimum Gasteiger partial charge on any atom is -0.491 e. The number of hydrogen-bond acceptors (Lipinski definition) is 3. The molecule has 0 saturated carbocycles. The van der Waals surface area contributed by atoms with Crippen LogP contribution in [0.15, 0.2) is 61.2 Å². The molecule has 3 aromatic rings. The fourth-order valence-corrected chi connectivity index (χ4v) is 4.37. The van der Waals surface area contributed by atoms with Crippen LogP contribution >= 0.6 is 0 Å². The maximum absolute atomic E-state index is 12.5. The van der Waals surface area contributed by atoms with E-state index in [1.807, 2.05) is 47.4 Å². The van der Waals surface area contributed by atoms with Gasteiger partial charge in [0.05, 0.1) is 17.6 Å². The summed E-state index contributed by atoms with van der Waals surface area (Å²) < 4.78 is 8.39. The SMILES string of the molecule is C=CCc1ccccc1OCCn1c([C@H]2CC(=O)N(CCCC)C2)nc2ccccc21. The smallest absolute Gasteiger partial charge is 0.223 e. The third-order valence-corrected chi connectivity index (χ3v) is 5.95.